The SMILES string of the molecule is CC(C)(C)n1c(CO)nnc1C(F)(F)C(F)F. The van der Waals surface area contributed by atoms with Gasteiger partial charge in [-0.2, -0.15) is 8.78 Å². The molecule has 0 aromatic carbocycles. The predicted molar refractivity (Wildman–Crippen MR) is 50.8 cm³/mol. The van der Waals surface area contributed by atoms with Crippen molar-refractivity contribution >= 4 is 0 Å². The molecular weight excluding hydrogens is 242 g/mol. The largest absolute Gasteiger partial charge is 0.388 e. The van der Waals surface area contributed by atoms with E-state index in [1.54, 1.807) is 0 Å². The van der Waals surface area contributed by atoms with Crippen LogP contribution in [0.3, 0.4) is 0 Å². The Morgan fingerprint density at radius 2 is 1.76 bits per heavy atom. The van der Waals surface area contributed by atoms with Crippen LogP contribution in [0.5, 0.6) is 0 Å². The highest BCUT2D eigenvalue weighted by Gasteiger charge is 2.49. The first kappa shape index (κ1) is 13.9. The summed E-state index contributed by atoms with van der Waals surface area (Å²) < 4.78 is 51.9. The van der Waals surface area contributed by atoms with Gasteiger partial charge in [0.15, 0.2) is 5.82 Å². The van der Waals surface area contributed by atoms with Gasteiger partial charge in [-0.3, -0.25) is 0 Å². The zero-order valence-electron chi connectivity index (χ0n) is 9.59. The Hall–Kier alpha value is -1.18. The lowest BCUT2D eigenvalue weighted by Crippen LogP contribution is -2.34. The molecule has 0 radical (unpaired) electrons. The first-order valence-corrected chi connectivity index (χ1v) is 4.84. The highest BCUT2D eigenvalue weighted by molar-refractivity contribution is 5.07. The highest BCUT2D eigenvalue weighted by atomic mass is 19.3. The van der Waals surface area contributed by atoms with Gasteiger partial charge in [0.1, 0.15) is 6.61 Å². The number of rotatable bonds is 3. The molecule has 0 bridgehead atoms. The van der Waals surface area contributed by atoms with Crippen LogP contribution in [-0.2, 0) is 18.1 Å². The van der Waals surface area contributed by atoms with Crippen LogP contribution in [0, 0.1) is 0 Å². The molecule has 0 aliphatic heterocycles. The van der Waals surface area contributed by atoms with Gasteiger partial charge in [-0.1, -0.05) is 0 Å². The standard InChI is InChI=1S/C9H13F4N3O/c1-8(2,3)16-5(4-17)14-15-7(16)9(12,13)6(10)11/h6,17H,4H2,1-3H3. The fraction of sp³-hybridized carbons (Fsp3) is 0.778. The monoisotopic (exact) mass is 255 g/mol. The van der Waals surface area contributed by atoms with E-state index in [9.17, 15) is 17.6 Å². The van der Waals surface area contributed by atoms with E-state index in [2.05, 4.69) is 10.2 Å². The van der Waals surface area contributed by atoms with Gasteiger partial charge in [-0.25, -0.2) is 8.78 Å². The Morgan fingerprint density at radius 1 is 1.24 bits per heavy atom. The third-order valence-electron chi connectivity index (χ3n) is 2.11. The molecule has 1 aromatic heterocycles. The smallest absolute Gasteiger partial charge is 0.365 e. The van der Waals surface area contributed by atoms with Crippen molar-refractivity contribution in [3.8, 4) is 0 Å². The molecule has 0 saturated heterocycles. The van der Waals surface area contributed by atoms with Crippen molar-refractivity contribution in [2.24, 2.45) is 0 Å². The lowest BCUT2D eigenvalue weighted by molar-refractivity contribution is -0.144. The van der Waals surface area contributed by atoms with Crippen LogP contribution in [0.25, 0.3) is 0 Å². The Bertz CT molecular complexity index is 397. The van der Waals surface area contributed by atoms with Gasteiger partial charge >= 0.3 is 12.3 Å². The minimum absolute atomic E-state index is 0.173. The number of aromatic nitrogens is 3. The van der Waals surface area contributed by atoms with Crippen LogP contribution >= 0.6 is 0 Å². The molecule has 0 spiro atoms. The van der Waals surface area contributed by atoms with E-state index in [0.717, 1.165) is 4.57 Å². The quantitative estimate of drug-likeness (QED) is 0.839. The highest BCUT2D eigenvalue weighted by Crippen LogP contribution is 2.36. The molecule has 1 heterocycles. The van der Waals surface area contributed by atoms with Gasteiger partial charge < -0.3 is 9.67 Å². The van der Waals surface area contributed by atoms with Crippen LogP contribution in [0.4, 0.5) is 17.6 Å². The van der Waals surface area contributed by atoms with Crippen molar-refractivity contribution < 1.29 is 22.7 Å². The molecule has 1 rings (SSSR count). The number of nitrogens with zero attached hydrogens (tertiary/aromatic N) is 3. The summed E-state index contributed by atoms with van der Waals surface area (Å²) in [5.41, 5.74) is -0.935. The summed E-state index contributed by atoms with van der Waals surface area (Å²) in [6.45, 7) is 3.94. The molecule has 8 heteroatoms. The molecule has 98 valence electrons. The normalized spacial score (nSPS) is 13.5. The van der Waals surface area contributed by atoms with E-state index in [-0.39, 0.29) is 5.82 Å². The van der Waals surface area contributed by atoms with E-state index in [4.69, 9.17) is 5.11 Å². The second kappa shape index (κ2) is 4.25. The molecule has 1 aromatic rings. The Kier molecular flexibility index (Phi) is 3.47. The molecule has 0 atom stereocenters. The average Bonchev–Trinajstić information content (AvgIpc) is 2.60. The van der Waals surface area contributed by atoms with Crippen LogP contribution < -0.4 is 0 Å². The molecule has 1 N–H and O–H groups in total. The number of hydrogen-bond acceptors (Lipinski definition) is 3. The Morgan fingerprint density at radius 3 is 2.12 bits per heavy atom. The van der Waals surface area contributed by atoms with E-state index < -0.39 is 30.3 Å². The third kappa shape index (κ3) is 2.41. The lowest BCUT2D eigenvalue weighted by Gasteiger charge is -2.27. The average molecular weight is 255 g/mol. The summed E-state index contributed by atoms with van der Waals surface area (Å²) in [4.78, 5) is 0. The Balaban J connectivity index is 3.41. The maximum atomic E-state index is 13.3. The molecule has 0 aliphatic carbocycles. The number of hydrogen-bond donors (Lipinski definition) is 1. The summed E-state index contributed by atoms with van der Waals surface area (Å²) in [5.74, 6) is -5.70. The summed E-state index contributed by atoms with van der Waals surface area (Å²) in [7, 11) is 0. The van der Waals surface area contributed by atoms with Crippen molar-refractivity contribution in [2.45, 2.75) is 45.3 Å². The van der Waals surface area contributed by atoms with Crippen molar-refractivity contribution in [3.63, 3.8) is 0 Å². The molecule has 0 amide bonds. The number of halogens is 4. The molecule has 4 nitrogen and oxygen atoms in total. The lowest BCUT2D eigenvalue weighted by atomic mass is 10.1. The van der Waals surface area contributed by atoms with Crippen molar-refractivity contribution in [1.82, 2.24) is 14.8 Å². The summed E-state index contributed by atoms with van der Waals surface area (Å²) in [6, 6.07) is 0. The predicted octanol–water partition coefficient (Wildman–Crippen LogP) is 1.88. The maximum absolute atomic E-state index is 13.3. The first-order valence-electron chi connectivity index (χ1n) is 4.84. The van der Waals surface area contributed by atoms with Gasteiger partial charge in [0.05, 0.1) is 0 Å². The van der Waals surface area contributed by atoms with Crippen LogP contribution in [0.15, 0.2) is 0 Å². The van der Waals surface area contributed by atoms with Gasteiger partial charge in [0.25, 0.3) is 0 Å². The van der Waals surface area contributed by atoms with E-state index in [1.807, 2.05) is 0 Å². The van der Waals surface area contributed by atoms with Crippen LogP contribution in [0.1, 0.15) is 32.4 Å². The zero-order chi connectivity index (χ0) is 13.4. The second-order valence-corrected chi connectivity index (χ2v) is 4.53. The van der Waals surface area contributed by atoms with E-state index >= 15 is 0 Å². The molecule has 0 saturated carbocycles. The molecular formula is C9H13F4N3O. The van der Waals surface area contributed by atoms with Gasteiger partial charge in [0, 0.05) is 5.54 Å². The van der Waals surface area contributed by atoms with Crippen molar-refractivity contribution in [2.75, 3.05) is 0 Å². The summed E-state index contributed by atoms with van der Waals surface area (Å²) in [6.07, 6.45) is -3.88. The zero-order valence-corrected chi connectivity index (χ0v) is 9.59. The van der Waals surface area contributed by atoms with E-state index in [1.165, 1.54) is 20.8 Å². The summed E-state index contributed by atoms with van der Waals surface area (Å²) in [5, 5.41) is 15.3. The van der Waals surface area contributed by atoms with Crippen LogP contribution in [-0.4, -0.2) is 26.3 Å². The number of alkyl halides is 4. The van der Waals surface area contributed by atoms with E-state index in [0.29, 0.717) is 0 Å². The first-order chi connectivity index (χ1) is 7.62. The minimum Gasteiger partial charge on any atom is -0.388 e. The maximum Gasteiger partial charge on any atom is 0.365 e. The number of aliphatic hydroxyl groups excluding tert-OH is 1. The fourth-order valence-corrected chi connectivity index (χ4v) is 1.44. The molecule has 0 fully saturated rings. The van der Waals surface area contributed by atoms with Gasteiger partial charge in [-0.15, -0.1) is 10.2 Å². The van der Waals surface area contributed by atoms with Crippen molar-refractivity contribution in [1.29, 1.82) is 0 Å². The molecule has 17 heavy (non-hydrogen) atoms. The number of aliphatic hydroxyl groups is 1. The third-order valence-corrected chi connectivity index (χ3v) is 2.11. The Labute approximate surface area is 95.3 Å². The topological polar surface area (TPSA) is 50.9 Å². The summed E-state index contributed by atoms with van der Waals surface area (Å²) >= 11 is 0. The molecule has 0 unspecified atom stereocenters. The molecule has 0 aliphatic rings. The van der Waals surface area contributed by atoms with Gasteiger partial charge in [-0.05, 0) is 20.8 Å². The fourth-order valence-electron chi connectivity index (χ4n) is 1.44. The van der Waals surface area contributed by atoms with Gasteiger partial charge in [0.2, 0.25) is 5.82 Å². The minimum atomic E-state index is -4.40. The van der Waals surface area contributed by atoms with Crippen molar-refractivity contribution in [3.05, 3.63) is 11.6 Å². The van der Waals surface area contributed by atoms with Crippen LogP contribution in [0.2, 0.25) is 0 Å². The second-order valence-electron chi connectivity index (χ2n) is 4.53.